The van der Waals surface area contributed by atoms with E-state index in [1.54, 1.807) is 0 Å². The Bertz CT molecular complexity index is 1480. The van der Waals surface area contributed by atoms with Gasteiger partial charge in [0.15, 0.2) is 5.82 Å². The molecule has 2 aromatic carbocycles. The van der Waals surface area contributed by atoms with Crippen LogP contribution >= 0.6 is 0 Å². The number of pyridine rings is 2. The van der Waals surface area contributed by atoms with Gasteiger partial charge in [-0.15, -0.1) is 0 Å². The zero-order valence-electron chi connectivity index (χ0n) is 18.7. The lowest BCUT2D eigenvalue weighted by Gasteiger charge is -2.31. The highest BCUT2D eigenvalue weighted by Crippen LogP contribution is 2.55. The van der Waals surface area contributed by atoms with Crippen LogP contribution in [0.1, 0.15) is 22.5 Å². The number of hydrogen-bond acceptors (Lipinski definition) is 5. The van der Waals surface area contributed by atoms with Crippen molar-refractivity contribution in [1.29, 1.82) is 0 Å². The Morgan fingerprint density at radius 1 is 0.824 bits per heavy atom. The first-order valence-electron chi connectivity index (χ1n) is 11.4. The SMILES string of the molecule is CN1CN(c2cccc(C3(c4ccn[nH]4)c4ccccc4-c4cccnc43)c2)c2ncccc21. The smallest absolute Gasteiger partial charge is 0.158 e. The molecule has 0 radical (unpaired) electrons. The number of H-pyrrole nitrogens is 1. The van der Waals surface area contributed by atoms with Crippen LogP contribution in [0.15, 0.2) is 97.5 Å². The third kappa shape index (κ3) is 2.42. The Kier molecular flexibility index (Phi) is 3.94. The van der Waals surface area contributed by atoms with Crippen LogP contribution in [0.4, 0.5) is 17.2 Å². The molecule has 1 atom stereocenters. The minimum Gasteiger partial charge on any atom is -0.354 e. The summed E-state index contributed by atoms with van der Waals surface area (Å²) in [6.45, 7) is 0.748. The maximum atomic E-state index is 4.95. The van der Waals surface area contributed by atoms with Gasteiger partial charge in [-0.25, -0.2) is 4.98 Å². The molecular formula is C28H22N6. The molecule has 7 rings (SSSR count). The molecule has 1 N–H and O–H groups in total. The number of benzene rings is 2. The molecule has 2 aliphatic rings. The topological polar surface area (TPSA) is 60.9 Å². The van der Waals surface area contributed by atoms with Gasteiger partial charge in [0.2, 0.25) is 0 Å². The van der Waals surface area contributed by atoms with Gasteiger partial charge in [-0.05, 0) is 53.1 Å². The van der Waals surface area contributed by atoms with Crippen molar-refractivity contribution in [3.8, 4) is 11.1 Å². The molecule has 0 saturated heterocycles. The van der Waals surface area contributed by atoms with Gasteiger partial charge in [0, 0.05) is 36.9 Å². The van der Waals surface area contributed by atoms with Gasteiger partial charge in [-0.2, -0.15) is 5.10 Å². The van der Waals surface area contributed by atoms with Crippen LogP contribution in [0.2, 0.25) is 0 Å². The standard InChI is InChI=1S/C28H22N6/c1-33-18-34(27-24(33)12-6-15-30-27)20-8-4-7-19(17-20)28(25-13-16-31-32-25)23-11-3-2-9-21(23)22-10-5-14-29-26(22)28/h2-17H,18H2,1H3,(H,31,32). The summed E-state index contributed by atoms with van der Waals surface area (Å²) in [6.07, 6.45) is 5.56. The molecule has 4 heterocycles. The van der Waals surface area contributed by atoms with Crippen LogP contribution < -0.4 is 9.80 Å². The zero-order chi connectivity index (χ0) is 22.7. The normalized spacial score (nSPS) is 18.0. The Morgan fingerprint density at radius 3 is 2.59 bits per heavy atom. The molecule has 0 amide bonds. The predicted molar refractivity (Wildman–Crippen MR) is 133 cm³/mol. The van der Waals surface area contributed by atoms with Gasteiger partial charge >= 0.3 is 0 Å². The number of fused-ring (bicyclic) bond motifs is 4. The summed E-state index contributed by atoms with van der Waals surface area (Å²) in [4.78, 5) is 14.1. The van der Waals surface area contributed by atoms with Crippen LogP contribution in [0.3, 0.4) is 0 Å². The number of rotatable bonds is 3. The van der Waals surface area contributed by atoms with Crippen LogP contribution in [-0.4, -0.2) is 33.9 Å². The molecule has 6 heteroatoms. The Hall–Kier alpha value is -4.45. The third-order valence-electron chi connectivity index (χ3n) is 7.07. The molecule has 3 aromatic heterocycles. The van der Waals surface area contributed by atoms with Crippen molar-refractivity contribution in [2.24, 2.45) is 0 Å². The average Bonchev–Trinajstić information content (AvgIpc) is 3.61. The van der Waals surface area contributed by atoms with Gasteiger partial charge in [0.05, 0.1) is 23.7 Å². The van der Waals surface area contributed by atoms with Crippen molar-refractivity contribution >= 4 is 17.2 Å². The van der Waals surface area contributed by atoms with E-state index in [9.17, 15) is 0 Å². The number of hydrogen-bond donors (Lipinski definition) is 1. The fourth-order valence-corrected chi connectivity index (χ4v) is 5.64. The Labute approximate surface area is 197 Å². The van der Waals surface area contributed by atoms with Gasteiger partial charge < -0.3 is 9.80 Å². The number of aromatic nitrogens is 4. The highest BCUT2D eigenvalue weighted by atomic mass is 15.4. The predicted octanol–water partition coefficient (Wildman–Crippen LogP) is 5.11. The van der Waals surface area contributed by atoms with Crippen molar-refractivity contribution in [3.63, 3.8) is 0 Å². The molecule has 1 aliphatic heterocycles. The van der Waals surface area contributed by atoms with Gasteiger partial charge in [-0.1, -0.05) is 42.5 Å². The van der Waals surface area contributed by atoms with Gasteiger partial charge in [0.25, 0.3) is 0 Å². The van der Waals surface area contributed by atoms with Crippen molar-refractivity contribution in [1.82, 2.24) is 20.2 Å². The maximum Gasteiger partial charge on any atom is 0.158 e. The summed E-state index contributed by atoms with van der Waals surface area (Å²) in [7, 11) is 2.10. The summed E-state index contributed by atoms with van der Waals surface area (Å²) < 4.78 is 0. The van der Waals surface area contributed by atoms with E-state index in [0.717, 1.165) is 46.4 Å². The fourth-order valence-electron chi connectivity index (χ4n) is 5.64. The van der Waals surface area contributed by atoms with Crippen LogP contribution in [0.5, 0.6) is 0 Å². The molecule has 1 aliphatic carbocycles. The van der Waals surface area contributed by atoms with Crippen LogP contribution in [-0.2, 0) is 5.41 Å². The Morgan fingerprint density at radius 2 is 1.68 bits per heavy atom. The average molecular weight is 443 g/mol. The van der Waals surface area contributed by atoms with Gasteiger partial charge in [-0.3, -0.25) is 10.1 Å². The lowest BCUT2D eigenvalue weighted by molar-refractivity contribution is 0.703. The minimum absolute atomic E-state index is 0.585. The molecule has 0 spiro atoms. The van der Waals surface area contributed by atoms with Crippen molar-refractivity contribution in [2.75, 3.05) is 23.5 Å². The van der Waals surface area contributed by atoms with E-state index in [1.165, 1.54) is 11.1 Å². The second-order valence-corrected chi connectivity index (χ2v) is 8.83. The monoisotopic (exact) mass is 442 g/mol. The molecule has 0 bridgehead atoms. The first-order chi connectivity index (χ1) is 16.8. The quantitative estimate of drug-likeness (QED) is 0.413. The largest absolute Gasteiger partial charge is 0.354 e. The summed E-state index contributed by atoms with van der Waals surface area (Å²) in [5.74, 6) is 0.975. The second-order valence-electron chi connectivity index (χ2n) is 8.83. The van der Waals surface area contributed by atoms with E-state index < -0.39 is 5.41 Å². The van der Waals surface area contributed by atoms with E-state index in [0.29, 0.717) is 0 Å². The summed E-state index contributed by atoms with van der Waals surface area (Å²) in [5.41, 5.74) is 8.40. The van der Waals surface area contributed by atoms with E-state index >= 15 is 0 Å². The van der Waals surface area contributed by atoms with Crippen LogP contribution in [0, 0.1) is 0 Å². The first-order valence-corrected chi connectivity index (χ1v) is 11.4. The second kappa shape index (κ2) is 7.02. The summed E-state index contributed by atoms with van der Waals surface area (Å²) in [5, 5.41) is 7.63. The van der Waals surface area contributed by atoms with E-state index in [2.05, 4.69) is 98.8 Å². The number of nitrogens with zero attached hydrogens (tertiary/aromatic N) is 5. The summed E-state index contributed by atoms with van der Waals surface area (Å²) >= 11 is 0. The fraction of sp³-hybridized carbons (Fsp3) is 0.107. The highest BCUT2D eigenvalue weighted by molar-refractivity contribution is 5.85. The molecule has 1 unspecified atom stereocenters. The maximum absolute atomic E-state index is 4.95. The number of anilines is 3. The molecule has 34 heavy (non-hydrogen) atoms. The van der Waals surface area contributed by atoms with Gasteiger partial charge in [0.1, 0.15) is 5.41 Å². The molecular weight excluding hydrogens is 420 g/mol. The molecule has 6 nitrogen and oxygen atoms in total. The lowest BCUT2D eigenvalue weighted by Crippen LogP contribution is -2.31. The first kappa shape index (κ1) is 19.1. The van der Waals surface area contributed by atoms with Crippen LogP contribution in [0.25, 0.3) is 11.1 Å². The number of nitrogens with one attached hydrogen (secondary N) is 1. The Balaban J connectivity index is 1.50. The lowest BCUT2D eigenvalue weighted by atomic mass is 9.72. The zero-order valence-corrected chi connectivity index (χ0v) is 18.7. The third-order valence-corrected chi connectivity index (χ3v) is 7.07. The molecule has 0 fully saturated rings. The highest BCUT2D eigenvalue weighted by Gasteiger charge is 2.48. The number of aromatic amines is 1. The van der Waals surface area contributed by atoms with Crippen molar-refractivity contribution in [3.05, 3.63) is 120 Å². The summed E-state index contributed by atoms with van der Waals surface area (Å²) in [6, 6.07) is 27.7. The molecule has 5 aromatic rings. The molecule has 164 valence electrons. The van der Waals surface area contributed by atoms with Crippen molar-refractivity contribution < 1.29 is 0 Å². The van der Waals surface area contributed by atoms with Crippen molar-refractivity contribution in [2.45, 2.75) is 5.41 Å². The molecule has 0 saturated carbocycles. The van der Waals surface area contributed by atoms with E-state index in [1.807, 2.05) is 30.7 Å². The minimum atomic E-state index is -0.585. The van der Waals surface area contributed by atoms with E-state index in [4.69, 9.17) is 4.98 Å². The van der Waals surface area contributed by atoms with E-state index in [-0.39, 0.29) is 0 Å².